The number of thioether (sulfide) groups is 1. The van der Waals surface area contributed by atoms with Gasteiger partial charge in [-0.15, -0.1) is 0 Å². The van der Waals surface area contributed by atoms with Gasteiger partial charge in [-0.2, -0.15) is 11.8 Å². The molecule has 98 valence electrons. The summed E-state index contributed by atoms with van der Waals surface area (Å²) in [4.78, 5) is 0. The van der Waals surface area contributed by atoms with Crippen LogP contribution in [0.4, 0.5) is 5.69 Å². The number of hydrogen-bond donors (Lipinski definition) is 1. The fourth-order valence-electron chi connectivity index (χ4n) is 2.44. The second-order valence-electron chi connectivity index (χ2n) is 4.87. The first kappa shape index (κ1) is 13.1. The van der Waals surface area contributed by atoms with E-state index in [9.17, 15) is 0 Å². The lowest BCUT2D eigenvalue weighted by Crippen LogP contribution is -2.18. The van der Waals surface area contributed by atoms with Crippen molar-refractivity contribution in [1.29, 1.82) is 0 Å². The normalized spacial score (nSPS) is 17.9. The summed E-state index contributed by atoms with van der Waals surface area (Å²) in [5.74, 6) is 2.26. The van der Waals surface area contributed by atoms with Crippen LogP contribution in [0.25, 0.3) is 0 Å². The largest absolute Gasteiger partial charge is 0.377 e. The molecule has 0 aliphatic carbocycles. The van der Waals surface area contributed by atoms with Crippen LogP contribution in [-0.2, 0) is 5.75 Å². The van der Waals surface area contributed by atoms with E-state index in [1.165, 1.54) is 22.4 Å². The van der Waals surface area contributed by atoms with E-state index in [2.05, 4.69) is 70.6 Å². The molecule has 1 aliphatic rings. The van der Waals surface area contributed by atoms with Crippen molar-refractivity contribution in [3.8, 4) is 0 Å². The van der Waals surface area contributed by atoms with Crippen molar-refractivity contribution in [3.63, 3.8) is 0 Å². The van der Waals surface area contributed by atoms with Gasteiger partial charge < -0.3 is 5.32 Å². The zero-order chi connectivity index (χ0) is 13.2. The third kappa shape index (κ3) is 2.82. The molecule has 0 fully saturated rings. The van der Waals surface area contributed by atoms with Gasteiger partial charge in [0.1, 0.15) is 0 Å². The minimum Gasteiger partial charge on any atom is -0.377 e. The minimum absolute atomic E-state index is 0.413. The van der Waals surface area contributed by atoms with E-state index in [4.69, 9.17) is 0 Å². The highest BCUT2D eigenvalue weighted by atomic mass is 79.9. The topological polar surface area (TPSA) is 12.0 Å². The summed E-state index contributed by atoms with van der Waals surface area (Å²) in [6.07, 6.45) is 0. The summed E-state index contributed by atoms with van der Waals surface area (Å²) in [5.41, 5.74) is 5.37. The lowest BCUT2D eigenvalue weighted by atomic mass is 10.0. The zero-order valence-electron chi connectivity index (χ0n) is 10.8. The van der Waals surface area contributed by atoms with E-state index in [-0.39, 0.29) is 0 Å². The Labute approximate surface area is 126 Å². The van der Waals surface area contributed by atoms with Crippen LogP contribution < -0.4 is 5.32 Å². The Morgan fingerprint density at radius 2 is 2.05 bits per heavy atom. The number of anilines is 1. The number of halogens is 1. The third-order valence-corrected chi connectivity index (χ3v) is 5.45. The van der Waals surface area contributed by atoms with Crippen molar-refractivity contribution in [1.82, 2.24) is 0 Å². The highest BCUT2D eigenvalue weighted by Crippen LogP contribution is 2.34. The van der Waals surface area contributed by atoms with Crippen molar-refractivity contribution >= 4 is 33.4 Å². The quantitative estimate of drug-likeness (QED) is 0.814. The first-order chi connectivity index (χ1) is 9.24. The van der Waals surface area contributed by atoms with E-state index >= 15 is 0 Å². The van der Waals surface area contributed by atoms with Crippen LogP contribution in [0.15, 0.2) is 46.9 Å². The van der Waals surface area contributed by atoms with Gasteiger partial charge in [-0.05, 0) is 41.8 Å². The van der Waals surface area contributed by atoms with Crippen LogP contribution in [0.3, 0.4) is 0 Å². The highest BCUT2D eigenvalue weighted by Gasteiger charge is 2.19. The van der Waals surface area contributed by atoms with Crippen molar-refractivity contribution < 1.29 is 0 Å². The summed E-state index contributed by atoms with van der Waals surface area (Å²) in [5, 5.41) is 3.66. The number of nitrogens with one attached hydrogen (secondary N) is 1. The predicted molar refractivity (Wildman–Crippen MR) is 87.8 cm³/mol. The molecule has 0 bridgehead atoms. The maximum atomic E-state index is 3.66. The molecule has 1 unspecified atom stereocenters. The second-order valence-corrected chi connectivity index (χ2v) is 6.76. The zero-order valence-corrected chi connectivity index (χ0v) is 13.2. The molecule has 3 rings (SSSR count). The minimum atomic E-state index is 0.413. The molecule has 0 spiro atoms. The molecule has 0 saturated carbocycles. The van der Waals surface area contributed by atoms with Crippen LogP contribution in [0.5, 0.6) is 0 Å². The van der Waals surface area contributed by atoms with Crippen LogP contribution in [0.1, 0.15) is 22.7 Å². The number of benzene rings is 2. The van der Waals surface area contributed by atoms with Gasteiger partial charge in [0.05, 0.1) is 6.04 Å². The fraction of sp³-hybridized carbons (Fsp3) is 0.250. The van der Waals surface area contributed by atoms with Gasteiger partial charge in [-0.25, -0.2) is 0 Å². The first-order valence-electron chi connectivity index (χ1n) is 6.42. The smallest absolute Gasteiger partial charge is 0.0607 e. The predicted octanol–water partition coefficient (Wildman–Crippen LogP) is 5.16. The maximum Gasteiger partial charge on any atom is 0.0607 e. The monoisotopic (exact) mass is 333 g/mol. The van der Waals surface area contributed by atoms with Gasteiger partial charge in [0.2, 0.25) is 0 Å². The molecule has 0 aromatic heterocycles. The van der Waals surface area contributed by atoms with Gasteiger partial charge in [-0.1, -0.05) is 40.2 Å². The molecule has 1 nitrogen and oxygen atoms in total. The van der Waals surface area contributed by atoms with E-state index in [0.717, 1.165) is 16.0 Å². The van der Waals surface area contributed by atoms with E-state index in [1.54, 1.807) is 0 Å². The van der Waals surface area contributed by atoms with E-state index in [1.807, 2.05) is 11.8 Å². The Morgan fingerprint density at radius 3 is 2.89 bits per heavy atom. The average molecular weight is 334 g/mol. The first-order valence-corrected chi connectivity index (χ1v) is 8.37. The summed E-state index contributed by atoms with van der Waals surface area (Å²) >= 11 is 5.55. The van der Waals surface area contributed by atoms with Crippen molar-refractivity contribution in [2.45, 2.75) is 18.7 Å². The van der Waals surface area contributed by atoms with Crippen molar-refractivity contribution in [2.24, 2.45) is 0 Å². The maximum absolute atomic E-state index is 3.66. The molecule has 1 N–H and O–H groups in total. The highest BCUT2D eigenvalue weighted by molar-refractivity contribution is 9.10. The van der Waals surface area contributed by atoms with Crippen LogP contribution in [-0.4, -0.2) is 5.75 Å². The van der Waals surface area contributed by atoms with Gasteiger partial charge in [0, 0.05) is 21.7 Å². The van der Waals surface area contributed by atoms with Gasteiger partial charge in [-0.3, -0.25) is 0 Å². The lowest BCUT2D eigenvalue weighted by Gasteiger charge is -2.27. The molecule has 1 atom stereocenters. The molecule has 2 aromatic carbocycles. The molecular formula is C16H16BrNS. The Morgan fingerprint density at radius 1 is 1.21 bits per heavy atom. The second kappa shape index (κ2) is 5.59. The summed E-state index contributed by atoms with van der Waals surface area (Å²) < 4.78 is 1.16. The molecule has 3 heteroatoms. The molecule has 0 amide bonds. The van der Waals surface area contributed by atoms with Gasteiger partial charge in [0.15, 0.2) is 0 Å². The van der Waals surface area contributed by atoms with E-state index in [0.29, 0.717) is 6.04 Å². The number of fused-ring (bicyclic) bond motifs is 1. The average Bonchev–Trinajstić information content (AvgIpc) is 2.43. The standard InChI is InChI=1S/C16H16BrNS/c1-11-8-13(6-7-15(11)17)18-16-10-19-9-12-4-2-3-5-14(12)16/h2-8,16,18H,9-10H2,1H3. The van der Waals surface area contributed by atoms with Crippen molar-refractivity contribution in [3.05, 3.63) is 63.6 Å². The molecular weight excluding hydrogens is 318 g/mol. The van der Waals surface area contributed by atoms with Gasteiger partial charge >= 0.3 is 0 Å². The van der Waals surface area contributed by atoms with Crippen LogP contribution in [0, 0.1) is 6.92 Å². The SMILES string of the molecule is Cc1cc(NC2CSCc3ccccc32)ccc1Br. The molecule has 2 aromatic rings. The van der Waals surface area contributed by atoms with Crippen LogP contribution >= 0.6 is 27.7 Å². The molecule has 19 heavy (non-hydrogen) atoms. The molecule has 1 heterocycles. The third-order valence-electron chi connectivity index (χ3n) is 3.47. The summed E-state index contributed by atoms with van der Waals surface area (Å²) in [7, 11) is 0. The molecule has 0 radical (unpaired) electrons. The van der Waals surface area contributed by atoms with E-state index < -0.39 is 0 Å². The Balaban J connectivity index is 1.86. The number of hydrogen-bond acceptors (Lipinski definition) is 2. The van der Waals surface area contributed by atoms with Crippen molar-refractivity contribution in [2.75, 3.05) is 11.1 Å². The summed E-state index contributed by atoms with van der Waals surface area (Å²) in [6, 6.07) is 15.6. The fourth-order valence-corrected chi connectivity index (χ4v) is 3.78. The number of rotatable bonds is 2. The summed E-state index contributed by atoms with van der Waals surface area (Å²) in [6.45, 7) is 2.12. The lowest BCUT2D eigenvalue weighted by molar-refractivity contribution is 0.871. The Hall–Kier alpha value is -0.930. The molecule has 1 aliphatic heterocycles. The molecule has 0 saturated heterocycles. The van der Waals surface area contributed by atoms with Gasteiger partial charge in [0.25, 0.3) is 0 Å². The number of aryl methyl sites for hydroxylation is 1. The van der Waals surface area contributed by atoms with Crippen LogP contribution in [0.2, 0.25) is 0 Å². The Kier molecular flexibility index (Phi) is 3.85. The Bertz CT molecular complexity index is 597.